The van der Waals surface area contributed by atoms with Gasteiger partial charge in [-0.1, -0.05) is 13.0 Å². The highest BCUT2D eigenvalue weighted by Gasteiger charge is 2.37. The molecule has 1 aromatic rings. The summed E-state index contributed by atoms with van der Waals surface area (Å²) in [7, 11) is -1.87. The minimum atomic E-state index is -3.36. The Balaban J connectivity index is 2.09. The molecule has 10 heteroatoms. The number of sulfone groups is 1. The van der Waals surface area contributed by atoms with Crippen molar-refractivity contribution in [3.63, 3.8) is 0 Å². The van der Waals surface area contributed by atoms with Gasteiger partial charge in [-0.25, -0.2) is 13.2 Å². The number of aryl methyl sites for hydroxylation is 1. The van der Waals surface area contributed by atoms with Gasteiger partial charge in [-0.2, -0.15) is 0 Å². The number of ether oxygens (including phenoxy) is 1. The van der Waals surface area contributed by atoms with Gasteiger partial charge in [0.1, 0.15) is 21.6 Å². The van der Waals surface area contributed by atoms with Crippen LogP contribution in [-0.2, 0) is 24.2 Å². The van der Waals surface area contributed by atoms with E-state index in [1.807, 2.05) is 13.0 Å². The standard InChI is InChI=1S/C19H26N2O7S/c1-4-29(26,27)8-7-14(19(24)25)20-18(23)13-10-17(22)21(11-13)15-9-12(2)5-6-16(15)28-3/h5-6,9,13-14H,4,7-8,10-11H2,1-3H3,(H,20,23)(H,24,25). The summed E-state index contributed by atoms with van der Waals surface area (Å²) in [5, 5.41) is 11.7. The zero-order valence-electron chi connectivity index (χ0n) is 16.7. The average molecular weight is 426 g/mol. The van der Waals surface area contributed by atoms with E-state index in [0.29, 0.717) is 11.4 Å². The highest BCUT2D eigenvalue weighted by molar-refractivity contribution is 7.91. The van der Waals surface area contributed by atoms with Crippen molar-refractivity contribution in [2.45, 2.75) is 32.7 Å². The van der Waals surface area contributed by atoms with Gasteiger partial charge in [0.15, 0.2) is 0 Å². The summed E-state index contributed by atoms with van der Waals surface area (Å²) in [4.78, 5) is 37.9. The lowest BCUT2D eigenvalue weighted by Crippen LogP contribution is -2.45. The van der Waals surface area contributed by atoms with Crippen molar-refractivity contribution >= 4 is 33.3 Å². The predicted molar refractivity (Wildman–Crippen MR) is 107 cm³/mol. The predicted octanol–water partition coefficient (Wildman–Crippen LogP) is 0.751. The Bertz CT molecular complexity index is 898. The van der Waals surface area contributed by atoms with Crippen LogP contribution in [-0.4, -0.2) is 62.5 Å². The molecule has 0 radical (unpaired) electrons. The van der Waals surface area contributed by atoms with Crippen molar-refractivity contribution in [2.24, 2.45) is 5.92 Å². The van der Waals surface area contributed by atoms with E-state index in [1.54, 1.807) is 12.1 Å². The third-order valence-electron chi connectivity index (χ3n) is 4.89. The third kappa shape index (κ3) is 5.69. The molecule has 1 aliphatic heterocycles. The highest BCUT2D eigenvalue weighted by atomic mass is 32.2. The van der Waals surface area contributed by atoms with Gasteiger partial charge >= 0.3 is 5.97 Å². The molecule has 160 valence electrons. The summed E-state index contributed by atoms with van der Waals surface area (Å²) in [6.07, 6.45) is -0.296. The fourth-order valence-electron chi connectivity index (χ4n) is 3.12. The van der Waals surface area contributed by atoms with E-state index >= 15 is 0 Å². The molecule has 2 rings (SSSR count). The van der Waals surface area contributed by atoms with Crippen molar-refractivity contribution in [1.82, 2.24) is 5.32 Å². The number of hydrogen-bond acceptors (Lipinski definition) is 6. The van der Waals surface area contributed by atoms with Gasteiger partial charge in [-0.05, 0) is 31.0 Å². The molecule has 1 fully saturated rings. The number of carbonyl (C=O) groups excluding carboxylic acids is 2. The second-order valence-electron chi connectivity index (χ2n) is 7.01. The number of hydrogen-bond donors (Lipinski definition) is 2. The first-order valence-corrected chi connectivity index (χ1v) is 11.1. The molecule has 1 aliphatic rings. The quantitative estimate of drug-likeness (QED) is 0.596. The van der Waals surface area contributed by atoms with Crippen molar-refractivity contribution in [3.8, 4) is 5.75 Å². The third-order valence-corrected chi connectivity index (χ3v) is 6.63. The number of nitrogens with zero attached hydrogens (tertiary/aromatic N) is 1. The molecule has 2 N–H and O–H groups in total. The van der Waals surface area contributed by atoms with Crippen LogP contribution >= 0.6 is 0 Å². The van der Waals surface area contributed by atoms with Crippen LogP contribution in [0.5, 0.6) is 5.75 Å². The Kier molecular flexibility index (Phi) is 7.23. The number of carboxylic acid groups (broad SMARTS) is 1. The zero-order valence-corrected chi connectivity index (χ0v) is 17.5. The first-order valence-electron chi connectivity index (χ1n) is 9.26. The molecule has 1 heterocycles. The lowest BCUT2D eigenvalue weighted by atomic mass is 10.1. The van der Waals surface area contributed by atoms with Gasteiger partial charge in [0.25, 0.3) is 0 Å². The van der Waals surface area contributed by atoms with Crippen LogP contribution in [0.25, 0.3) is 0 Å². The SMILES string of the molecule is CCS(=O)(=O)CCC(NC(=O)C1CC(=O)N(c2cc(C)ccc2OC)C1)C(=O)O. The van der Waals surface area contributed by atoms with Crippen molar-refractivity contribution in [2.75, 3.05) is 30.1 Å². The maximum absolute atomic E-state index is 12.6. The number of nitrogens with one attached hydrogen (secondary N) is 1. The van der Waals surface area contributed by atoms with E-state index in [9.17, 15) is 27.9 Å². The second-order valence-corrected chi connectivity index (χ2v) is 9.48. The fourth-order valence-corrected chi connectivity index (χ4v) is 4.00. The van der Waals surface area contributed by atoms with Crippen LogP contribution in [0.4, 0.5) is 5.69 Å². The Morgan fingerprint density at radius 2 is 2.07 bits per heavy atom. The molecule has 1 aromatic carbocycles. The molecule has 0 saturated carbocycles. The first-order chi connectivity index (χ1) is 13.6. The molecular formula is C19H26N2O7S. The van der Waals surface area contributed by atoms with Crippen LogP contribution in [0.3, 0.4) is 0 Å². The molecule has 0 aromatic heterocycles. The number of anilines is 1. The summed E-state index contributed by atoms with van der Waals surface area (Å²) in [6, 6.07) is 4.03. The van der Waals surface area contributed by atoms with Gasteiger partial charge in [0.05, 0.1) is 24.5 Å². The topological polar surface area (TPSA) is 130 Å². The summed E-state index contributed by atoms with van der Waals surface area (Å²) < 4.78 is 28.6. The minimum absolute atomic E-state index is 0.0669. The summed E-state index contributed by atoms with van der Waals surface area (Å²) >= 11 is 0. The van der Waals surface area contributed by atoms with E-state index in [0.717, 1.165) is 5.56 Å². The molecule has 0 bridgehead atoms. The summed E-state index contributed by atoms with van der Waals surface area (Å²) in [5.41, 5.74) is 1.47. The monoisotopic (exact) mass is 426 g/mol. The molecule has 9 nitrogen and oxygen atoms in total. The highest BCUT2D eigenvalue weighted by Crippen LogP contribution is 2.34. The summed E-state index contributed by atoms with van der Waals surface area (Å²) in [5.74, 6) is -2.85. The lowest BCUT2D eigenvalue weighted by Gasteiger charge is -2.21. The van der Waals surface area contributed by atoms with Crippen molar-refractivity contribution < 1.29 is 32.6 Å². The summed E-state index contributed by atoms with van der Waals surface area (Å²) in [6.45, 7) is 3.43. The Labute approximate surface area is 169 Å². The molecule has 29 heavy (non-hydrogen) atoms. The molecule has 0 spiro atoms. The number of carbonyl (C=O) groups is 3. The van der Waals surface area contributed by atoms with E-state index in [-0.39, 0.29) is 36.8 Å². The number of carboxylic acids is 1. The number of amides is 2. The van der Waals surface area contributed by atoms with Crippen molar-refractivity contribution in [3.05, 3.63) is 23.8 Å². The number of benzene rings is 1. The lowest BCUT2D eigenvalue weighted by molar-refractivity contribution is -0.142. The number of methoxy groups -OCH3 is 1. The van der Waals surface area contributed by atoms with Crippen LogP contribution in [0.15, 0.2) is 18.2 Å². The average Bonchev–Trinajstić information content (AvgIpc) is 3.06. The van der Waals surface area contributed by atoms with E-state index in [2.05, 4.69) is 5.32 Å². The van der Waals surface area contributed by atoms with E-state index in [4.69, 9.17) is 4.74 Å². The van der Waals surface area contributed by atoms with Crippen LogP contribution < -0.4 is 15.0 Å². The number of aliphatic carboxylic acids is 1. The van der Waals surface area contributed by atoms with Gasteiger partial charge in [-0.15, -0.1) is 0 Å². The normalized spacial score (nSPS) is 17.8. The molecule has 2 amide bonds. The van der Waals surface area contributed by atoms with E-state index in [1.165, 1.54) is 18.9 Å². The smallest absolute Gasteiger partial charge is 0.326 e. The van der Waals surface area contributed by atoms with Gasteiger partial charge in [0.2, 0.25) is 11.8 Å². The minimum Gasteiger partial charge on any atom is -0.495 e. The Morgan fingerprint density at radius 3 is 2.66 bits per heavy atom. The molecule has 0 aliphatic carbocycles. The maximum atomic E-state index is 12.6. The molecular weight excluding hydrogens is 400 g/mol. The van der Waals surface area contributed by atoms with Gasteiger partial charge in [0, 0.05) is 18.7 Å². The van der Waals surface area contributed by atoms with Gasteiger partial charge in [-0.3, -0.25) is 9.59 Å². The van der Waals surface area contributed by atoms with Gasteiger partial charge < -0.3 is 20.1 Å². The molecule has 1 saturated heterocycles. The largest absolute Gasteiger partial charge is 0.495 e. The Hall–Kier alpha value is -2.62. The second kappa shape index (κ2) is 9.25. The van der Waals surface area contributed by atoms with E-state index < -0.39 is 33.7 Å². The zero-order chi connectivity index (χ0) is 21.8. The molecule has 2 unspecified atom stereocenters. The van der Waals surface area contributed by atoms with Crippen LogP contribution in [0.2, 0.25) is 0 Å². The Morgan fingerprint density at radius 1 is 1.38 bits per heavy atom. The number of rotatable bonds is 9. The molecule has 2 atom stereocenters. The van der Waals surface area contributed by atoms with Crippen molar-refractivity contribution in [1.29, 1.82) is 0 Å². The van der Waals surface area contributed by atoms with Crippen LogP contribution in [0.1, 0.15) is 25.3 Å². The maximum Gasteiger partial charge on any atom is 0.326 e. The van der Waals surface area contributed by atoms with Crippen LogP contribution in [0, 0.1) is 12.8 Å². The fraction of sp³-hybridized carbons (Fsp3) is 0.526. The first kappa shape index (κ1) is 22.7.